The molecule has 0 amide bonds. The molecule has 0 aliphatic carbocycles. The van der Waals surface area contributed by atoms with Crippen molar-refractivity contribution in [2.24, 2.45) is 0 Å². The molecule has 0 fully saturated rings. The lowest BCUT2D eigenvalue weighted by Gasteiger charge is -2.11. The van der Waals surface area contributed by atoms with Gasteiger partial charge in [0, 0.05) is 0 Å². The number of hydrogen-bond donors (Lipinski definition) is 0. The van der Waals surface area contributed by atoms with Gasteiger partial charge in [0.15, 0.2) is 11.5 Å². The first kappa shape index (κ1) is 10.6. The van der Waals surface area contributed by atoms with Crippen LogP contribution in [0.4, 0.5) is 0 Å². The van der Waals surface area contributed by atoms with Crippen LogP contribution in [0, 0.1) is 3.57 Å². The molecule has 13 heavy (non-hydrogen) atoms. The van der Waals surface area contributed by atoms with Gasteiger partial charge in [0.2, 0.25) is 0 Å². The minimum atomic E-state index is 0.667. The molecule has 0 heterocycles. The van der Waals surface area contributed by atoms with E-state index in [0.717, 1.165) is 15.1 Å². The highest BCUT2D eigenvalue weighted by molar-refractivity contribution is 14.1. The van der Waals surface area contributed by atoms with Gasteiger partial charge in [-0.25, -0.2) is 0 Å². The SMILES string of the molecule is CCOc1cccc(I)c1OCC. The zero-order valence-corrected chi connectivity index (χ0v) is 10.00. The first-order chi connectivity index (χ1) is 6.29. The summed E-state index contributed by atoms with van der Waals surface area (Å²) in [5.41, 5.74) is 0. The monoisotopic (exact) mass is 292 g/mol. The summed E-state index contributed by atoms with van der Waals surface area (Å²) in [5.74, 6) is 1.68. The van der Waals surface area contributed by atoms with Crippen molar-refractivity contribution in [1.82, 2.24) is 0 Å². The molecule has 2 nitrogen and oxygen atoms in total. The Hall–Kier alpha value is -0.450. The maximum atomic E-state index is 5.49. The fraction of sp³-hybridized carbons (Fsp3) is 0.400. The second-order valence-corrected chi connectivity index (χ2v) is 3.60. The van der Waals surface area contributed by atoms with Gasteiger partial charge in [-0.1, -0.05) is 6.07 Å². The third-order valence-electron chi connectivity index (χ3n) is 1.52. The van der Waals surface area contributed by atoms with E-state index in [1.807, 2.05) is 32.0 Å². The molecular formula is C10H13IO2. The minimum Gasteiger partial charge on any atom is -0.490 e. The van der Waals surface area contributed by atoms with E-state index in [-0.39, 0.29) is 0 Å². The summed E-state index contributed by atoms with van der Waals surface area (Å²) in [6, 6.07) is 5.90. The summed E-state index contributed by atoms with van der Waals surface area (Å²) in [6.45, 7) is 5.27. The summed E-state index contributed by atoms with van der Waals surface area (Å²) < 4.78 is 12.0. The van der Waals surface area contributed by atoms with Crippen LogP contribution in [0.15, 0.2) is 18.2 Å². The van der Waals surface area contributed by atoms with Crippen molar-refractivity contribution in [2.45, 2.75) is 13.8 Å². The molecule has 0 bridgehead atoms. The van der Waals surface area contributed by atoms with Crippen LogP contribution in [0.3, 0.4) is 0 Å². The molecule has 0 saturated heterocycles. The van der Waals surface area contributed by atoms with E-state index >= 15 is 0 Å². The smallest absolute Gasteiger partial charge is 0.174 e. The molecule has 0 aromatic heterocycles. The van der Waals surface area contributed by atoms with Crippen LogP contribution in [0.5, 0.6) is 11.5 Å². The maximum absolute atomic E-state index is 5.49. The van der Waals surface area contributed by atoms with Gasteiger partial charge in [0.05, 0.1) is 16.8 Å². The van der Waals surface area contributed by atoms with Gasteiger partial charge in [-0.15, -0.1) is 0 Å². The molecule has 0 N–H and O–H groups in total. The minimum absolute atomic E-state index is 0.667. The third kappa shape index (κ3) is 2.76. The highest BCUT2D eigenvalue weighted by Gasteiger charge is 2.07. The van der Waals surface area contributed by atoms with Gasteiger partial charge in [0.25, 0.3) is 0 Å². The average molecular weight is 292 g/mol. The van der Waals surface area contributed by atoms with Gasteiger partial charge in [-0.05, 0) is 48.6 Å². The molecule has 0 spiro atoms. The van der Waals surface area contributed by atoms with Crippen LogP contribution in [0.2, 0.25) is 0 Å². The van der Waals surface area contributed by atoms with Gasteiger partial charge < -0.3 is 9.47 Å². The number of ether oxygens (including phenoxy) is 2. The number of para-hydroxylation sites is 1. The van der Waals surface area contributed by atoms with Crippen LogP contribution in [0.1, 0.15) is 13.8 Å². The Labute approximate surface area is 92.4 Å². The summed E-state index contributed by atoms with van der Waals surface area (Å²) >= 11 is 2.24. The number of benzene rings is 1. The Balaban J connectivity index is 2.95. The van der Waals surface area contributed by atoms with Gasteiger partial charge in [0.1, 0.15) is 0 Å². The largest absolute Gasteiger partial charge is 0.490 e. The molecule has 1 rings (SSSR count). The highest BCUT2D eigenvalue weighted by atomic mass is 127. The van der Waals surface area contributed by atoms with Crippen molar-refractivity contribution in [2.75, 3.05) is 13.2 Å². The highest BCUT2D eigenvalue weighted by Crippen LogP contribution is 2.32. The second-order valence-electron chi connectivity index (χ2n) is 2.43. The lowest BCUT2D eigenvalue weighted by atomic mass is 10.3. The Kier molecular flexibility index (Phi) is 4.35. The molecule has 1 aromatic carbocycles. The Bertz CT molecular complexity index is 274. The van der Waals surface area contributed by atoms with E-state index in [1.54, 1.807) is 0 Å². The van der Waals surface area contributed by atoms with Gasteiger partial charge in [-0.2, -0.15) is 0 Å². The van der Waals surface area contributed by atoms with Crippen LogP contribution in [-0.4, -0.2) is 13.2 Å². The Morgan fingerprint density at radius 2 is 1.85 bits per heavy atom. The topological polar surface area (TPSA) is 18.5 Å². The number of rotatable bonds is 4. The molecule has 0 saturated carbocycles. The van der Waals surface area contributed by atoms with Crippen LogP contribution in [0.25, 0.3) is 0 Å². The maximum Gasteiger partial charge on any atom is 0.174 e. The van der Waals surface area contributed by atoms with E-state index in [0.29, 0.717) is 13.2 Å². The molecule has 0 unspecified atom stereocenters. The van der Waals surface area contributed by atoms with E-state index in [2.05, 4.69) is 22.6 Å². The summed E-state index contributed by atoms with van der Waals surface area (Å²) in [5, 5.41) is 0. The quantitative estimate of drug-likeness (QED) is 0.794. The molecule has 0 radical (unpaired) electrons. The molecule has 0 aliphatic rings. The van der Waals surface area contributed by atoms with Crippen LogP contribution >= 0.6 is 22.6 Å². The summed E-state index contributed by atoms with van der Waals surface area (Å²) in [4.78, 5) is 0. The van der Waals surface area contributed by atoms with Gasteiger partial charge >= 0.3 is 0 Å². The van der Waals surface area contributed by atoms with Crippen molar-refractivity contribution in [3.8, 4) is 11.5 Å². The summed E-state index contributed by atoms with van der Waals surface area (Å²) in [7, 11) is 0. The van der Waals surface area contributed by atoms with E-state index in [9.17, 15) is 0 Å². The van der Waals surface area contributed by atoms with Crippen LogP contribution in [-0.2, 0) is 0 Å². The predicted molar refractivity (Wildman–Crippen MR) is 61.5 cm³/mol. The predicted octanol–water partition coefficient (Wildman–Crippen LogP) is 3.09. The fourth-order valence-electron chi connectivity index (χ4n) is 1.04. The fourth-order valence-corrected chi connectivity index (χ4v) is 1.67. The number of hydrogen-bond acceptors (Lipinski definition) is 2. The average Bonchev–Trinajstić information content (AvgIpc) is 2.11. The van der Waals surface area contributed by atoms with Crippen molar-refractivity contribution >= 4 is 22.6 Å². The molecular weight excluding hydrogens is 279 g/mol. The Morgan fingerprint density at radius 1 is 1.15 bits per heavy atom. The first-order valence-electron chi connectivity index (χ1n) is 4.33. The Morgan fingerprint density at radius 3 is 2.46 bits per heavy atom. The van der Waals surface area contributed by atoms with Crippen molar-refractivity contribution in [1.29, 1.82) is 0 Å². The second kappa shape index (κ2) is 5.32. The molecule has 72 valence electrons. The number of halogens is 1. The zero-order chi connectivity index (χ0) is 9.68. The third-order valence-corrected chi connectivity index (χ3v) is 2.37. The van der Waals surface area contributed by atoms with Crippen molar-refractivity contribution < 1.29 is 9.47 Å². The van der Waals surface area contributed by atoms with Crippen LogP contribution < -0.4 is 9.47 Å². The molecule has 3 heteroatoms. The van der Waals surface area contributed by atoms with E-state index in [4.69, 9.17) is 9.47 Å². The zero-order valence-electron chi connectivity index (χ0n) is 7.84. The first-order valence-corrected chi connectivity index (χ1v) is 5.41. The van der Waals surface area contributed by atoms with E-state index < -0.39 is 0 Å². The molecule has 0 atom stereocenters. The van der Waals surface area contributed by atoms with E-state index in [1.165, 1.54) is 0 Å². The molecule has 1 aromatic rings. The lowest BCUT2D eigenvalue weighted by Crippen LogP contribution is -1.99. The summed E-state index contributed by atoms with van der Waals surface area (Å²) in [6.07, 6.45) is 0. The standard InChI is InChI=1S/C10H13IO2/c1-3-12-9-7-5-6-8(11)10(9)13-4-2/h5-7H,3-4H2,1-2H3. The van der Waals surface area contributed by atoms with Gasteiger partial charge in [-0.3, -0.25) is 0 Å². The van der Waals surface area contributed by atoms with Crippen molar-refractivity contribution in [3.05, 3.63) is 21.8 Å². The normalized spacial score (nSPS) is 9.77. The lowest BCUT2D eigenvalue weighted by molar-refractivity contribution is 0.286. The van der Waals surface area contributed by atoms with Crippen molar-refractivity contribution in [3.63, 3.8) is 0 Å². The molecule has 0 aliphatic heterocycles.